The average Bonchev–Trinajstić information content (AvgIpc) is 2.53. The van der Waals surface area contributed by atoms with Gasteiger partial charge in [0.15, 0.2) is 0 Å². The lowest BCUT2D eigenvalue weighted by Crippen LogP contribution is -2.15. The fraction of sp³-hybridized carbons (Fsp3) is 0.941. The molecular formula is C17H33NO4. The van der Waals surface area contributed by atoms with Crippen molar-refractivity contribution in [1.29, 1.82) is 0 Å². The molecule has 0 heterocycles. The maximum Gasteiger partial charge on any atom is 0.305 e. The molecule has 130 valence electrons. The number of aliphatic hydroxyl groups excluding tert-OH is 1. The van der Waals surface area contributed by atoms with Gasteiger partial charge in [0.05, 0.1) is 13.2 Å². The van der Waals surface area contributed by atoms with Gasteiger partial charge in [-0.05, 0) is 6.42 Å². The van der Waals surface area contributed by atoms with Gasteiger partial charge >= 0.3 is 5.97 Å². The van der Waals surface area contributed by atoms with Crippen LogP contribution in [-0.4, -0.2) is 30.3 Å². The largest absolute Gasteiger partial charge is 0.466 e. The molecule has 0 aromatic rings. The number of aliphatic hydroxyl groups is 1. The highest BCUT2D eigenvalue weighted by molar-refractivity contribution is 5.69. The molecule has 1 N–H and O–H groups in total. The molecule has 22 heavy (non-hydrogen) atoms. The molecular weight excluding hydrogens is 282 g/mol. The van der Waals surface area contributed by atoms with Crippen molar-refractivity contribution in [3.63, 3.8) is 0 Å². The summed E-state index contributed by atoms with van der Waals surface area (Å²) in [6, 6.07) is -0.662. The number of hydrogen-bond acceptors (Lipinski definition) is 5. The topological polar surface area (TPSA) is 76.0 Å². The quantitative estimate of drug-likeness (QED) is 0.261. The van der Waals surface area contributed by atoms with Crippen LogP contribution in [0.15, 0.2) is 5.18 Å². The average molecular weight is 315 g/mol. The lowest BCUT2D eigenvalue weighted by Gasteiger charge is -2.07. The summed E-state index contributed by atoms with van der Waals surface area (Å²) < 4.78 is 5.01. The Morgan fingerprint density at radius 3 is 2.05 bits per heavy atom. The molecule has 0 amide bonds. The van der Waals surface area contributed by atoms with E-state index in [1.54, 1.807) is 0 Å². The van der Waals surface area contributed by atoms with Crippen LogP contribution in [0.25, 0.3) is 0 Å². The van der Waals surface area contributed by atoms with E-state index in [0.717, 1.165) is 12.8 Å². The van der Waals surface area contributed by atoms with Crippen molar-refractivity contribution < 1.29 is 14.6 Å². The number of rotatable bonds is 16. The first kappa shape index (κ1) is 21.0. The summed E-state index contributed by atoms with van der Waals surface area (Å²) in [5, 5.41) is 11.5. The molecule has 5 nitrogen and oxygen atoms in total. The number of unbranched alkanes of at least 4 members (excludes halogenated alkanes) is 9. The highest BCUT2D eigenvalue weighted by atomic mass is 16.5. The van der Waals surface area contributed by atoms with Crippen molar-refractivity contribution in [2.45, 2.75) is 90.0 Å². The van der Waals surface area contributed by atoms with Crippen molar-refractivity contribution in [1.82, 2.24) is 0 Å². The van der Waals surface area contributed by atoms with Gasteiger partial charge in [-0.15, -0.1) is 0 Å². The number of hydrogen-bond donors (Lipinski definition) is 1. The van der Waals surface area contributed by atoms with E-state index in [1.165, 1.54) is 51.4 Å². The van der Waals surface area contributed by atoms with Gasteiger partial charge in [0.2, 0.25) is 0 Å². The van der Waals surface area contributed by atoms with Crippen LogP contribution < -0.4 is 0 Å². The van der Waals surface area contributed by atoms with E-state index < -0.39 is 6.04 Å². The Balaban J connectivity index is 3.26. The van der Waals surface area contributed by atoms with Crippen LogP contribution in [0.4, 0.5) is 0 Å². The maximum absolute atomic E-state index is 11.4. The van der Waals surface area contributed by atoms with Gasteiger partial charge in [-0.2, -0.15) is 4.91 Å². The number of nitroso groups, excluding NO2 is 1. The predicted molar refractivity (Wildman–Crippen MR) is 88.7 cm³/mol. The lowest BCUT2D eigenvalue weighted by molar-refractivity contribution is -0.144. The van der Waals surface area contributed by atoms with Crippen molar-refractivity contribution in [3.05, 3.63) is 4.91 Å². The van der Waals surface area contributed by atoms with Gasteiger partial charge in [-0.25, -0.2) is 0 Å². The number of carbonyl (C=O) groups is 1. The predicted octanol–water partition coefficient (Wildman–Crippen LogP) is 4.36. The third-order valence-electron chi connectivity index (χ3n) is 3.81. The first-order chi connectivity index (χ1) is 10.7. The first-order valence-corrected chi connectivity index (χ1v) is 8.83. The molecule has 0 saturated heterocycles. The van der Waals surface area contributed by atoms with Crippen molar-refractivity contribution in [3.8, 4) is 0 Å². The Morgan fingerprint density at radius 2 is 1.55 bits per heavy atom. The summed E-state index contributed by atoms with van der Waals surface area (Å²) in [5.74, 6) is -0.220. The smallest absolute Gasteiger partial charge is 0.305 e. The zero-order chi connectivity index (χ0) is 16.5. The van der Waals surface area contributed by atoms with Gasteiger partial charge in [-0.3, -0.25) is 4.79 Å². The fourth-order valence-electron chi connectivity index (χ4n) is 2.32. The number of esters is 1. The third-order valence-corrected chi connectivity index (χ3v) is 3.81. The summed E-state index contributed by atoms with van der Waals surface area (Å²) in [5.41, 5.74) is 0. The second-order valence-corrected chi connectivity index (χ2v) is 5.88. The minimum absolute atomic E-state index is 0.160. The Labute approximate surface area is 134 Å². The van der Waals surface area contributed by atoms with Gasteiger partial charge in [0, 0.05) is 12.8 Å². The van der Waals surface area contributed by atoms with E-state index in [9.17, 15) is 9.70 Å². The summed E-state index contributed by atoms with van der Waals surface area (Å²) in [6.45, 7) is 2.10. The first-order valence-electron chi connectivity index (χ1n) is 8.83. The molecule has 0 radical (unpaired) electrons. The van der Waals surface area contributed by atoms with Crippen molar-refractivity contribution >= 4 is 5.97 Å². The molecule has 0 rings (SSSR count). The van der Waals surface area contributed by atoms with Crippen LogP contribution in [0.3, 0.4) is 0 Å². The zero-order valence-corrected chi connectivity index (χ0v) is 14.1. The normalized spacial score (nSPS) is 12.1. The van der Waals surface area contributed by atoms with Crippen LogP contribution in [0.2, 0.25) is 0 Å². The van der Waals surface area contributed by atoms with Crippen LogP contribution >= 0.6 is 0 Å². The second kappa shape index (κ2) is 16.4. The zero-order valence-electron chi connectivity index (χ0n) is 14.1. The monoisotopic (exact) mass is 315 g/mol. The molecule has 0 aliphatic carbocycles. The highest BCUT2D eigenvalue weighted by Gasteiger charge is 2.08. The molecule has 0 aliphatic heterocycles. The van der Waals surface area contributed by atoms with E-state index >= 15 is 0 Å². The third kappa shape index (κ3) is 14.0. The Bertz CT molecular complexity index is 271. The van der Waals surface area contributed by atoms with E-state index in [2.05, 4.69) is 12.1 Å². The molecule has 0 bridgehead atoms. The van der Waals surface area contributed by atoms with E-state index in [0.29, 0.717) is 12.8 Å². The molecule has 0 fully saturated rings. The molecule has 0 aromatic carbocycles. The standard InChI is InChI=1S/C17H33NO4/c1-2-3-4-5-6-7-8-9-10-11-12-17(20)22-14-13-16(15-19)18-21/h16,19H,2-15H2,1H3. The van der Waals surface area contributed by atoms with Crippen molar-refractivity contribution in [2.24, 2.45) is 5.18 Å². The van der Waals surface area contributed by atoms with Crippen LogP contribution in [0.5, 0.6) is 0 Å². The summed E-state index contributed by atoms with van der Waals surface area (Å²) in [7, 11) is 0. The Morgan fingerprint density at radius 1 is 1.00 bits per heavy atom. The number of ether oxygens (including phenoxy) is 1. The van der Waals surface area contributed by atoms with Crippen LogP contribution in [-0.2, 0) is 9.53 Å². The van der Waals surface area contributed by atoms with Gasteiger partial charge in [-0.1, -0.05) is 69.9 Å². The van der Waals surface area contributed by atoms with E-state index in [-0.39, 0.29) is 19.2 Å². The Hall–Kier alpha value is -0.970. The maximum atomic E-state index is 11.4. The van der Waals surface area contributed by atoms with Crippen LogP contribution in [0.1, 0.15) is 84.0 Å². The molecule has 0 aliphatic rings. The second-order valence-electron chi connectivity index (χ2n) is 5.88. The minimum Gasteiger partial charge on any atom is -0.466 e. The fourth-order valence-corrected chi connectivity index (χ4v) is 2.32. The number of nitrogens with zero attached hydrogens (tertiary/aromatic N) is 1. The minimum atomic E-state index is -0.662. The molecule has 0 saturated carbocycles. The molecule has 0 spiro atoms. The molecule has 0 aromatic heterocycles. The Kier molecular flexibility index (Phi) is 15.7. The van der Waals surface area contributed by atoms with E-state index in [1.807, 2.05) is 0 Å². The van der Waals surface area contributed by atoms with Gasteiger partial charge < -0.3 is 9.84 Å². The van der Waals surface area contributed by atoms with Gasteiger partial charge in [0.1, 0.15) is 6.04 Å². The highest BCUT2D eigenvalue weighted by Crippen LogP contribution is 2.11. The van der Waals surface area contributed by atoms with E-state index in [4.69, 9.17) is 9.84 Å². The molecule has 1 atom stereocenters. The molecule has 1 unspecified atom stereocenters. The number of carbonyl (C=O) groups excluding carboxylic acids is 1. The van der Waals surface area contributed by atoms with Crippen LogP contribution in [0, 0.1) is 4.91 Å². The SMILES string of the molecule is CCCCCCCCCCCCC(=O)OCCC(CO)N=O. The summed E-state index contributed by atoms with van der Waals surface area (Å²) >= 11 is 0. The van der Waals surface area contributed by atoms with Gasteiger partial charge in [0.25, 0.3) is 0 Å². The van der Waals surface area contributed by atoms with Crippen molar-refractivity contribution in [2.75, 3.05) is 13.2 Å². The molecule has 5 heteroatoms. The summed E-state index contributed by atoms with van der Waals surface area (Å²) in [4.78, 5) is 21.7. The lowest BCUT2D eigenvalue weighted by atomic mass is 10.1. The summed E-state index contributed by atoms with van der Waals surface area (Å²) in [6.07, 6.45) is 13.1.